The summed E-state index contributed by atoms with van der Waals surface area (Å²) in [5.74, 6) is 0. The van der Waals surface area contributed by atoms with Gasteiger partial charge in [-0.15, -0.1) is 0 Å². The number of hydrogen-bond donors (Lipinski definition) is 4. The topological polar surface area (TPSA) is 87.4 Å². The van der Waals surface area contributed by atoms with Gasteiger partial charge in [0, 0.05) is 26.2 Å². The fourth-order valence-corrected chi connectivity index (χ4v) is 6.23. The van der Waals surface area contributed by atoms with Crippen LogP contribution in [-0.4, -0.2) is 57.2 Å². The molecule has 46 heavy (non-hydrogen) atoms. The maximum atomic E-state index is 9.98. The number of rotatable bonds is 17. The molecule has 5 rings (SSSR count). The highest BCUT2D eigenvalue weighted by Gasteiger charge is 2.19. The van der Waals surface area contributed by atoms with Crippen molar-refractivity contribution in [2.24, 2.45) is 0 Å². The summed E-state index contributed by atoms with van der Waals surface area (Å²) in [5, 5.41) is 42.2. The van der Waals surface area contributed by atoms with E-state index in [-0.39, 0.29) is 0 Å². The van der Waals surface area contributed by atoms with Crippen LogP contribution in [0.4, 0.5) is 0 Å². The quantitative estimate of drug-likeness (QED) is 0.0915. The summed E-state index contributed by atoms with van der Waals surface area (Å²) in [7, 11) is -2.98. The Bertz CT molecular complexity index is 1650. The lowest BCUT2D eigenvalue weighted by molar-refractivity contribution is 0.240. The third kappa shape index (κ3) is 9.87. The first kappa shape index (κ1) is 33.6. The smallest absolute Gasteiger partial charge is 0.423 e. The van der Waals surface area contributed by atoms with E-state index < -0.39 is 14.2 Å². The van der Waals surface area contributed by atoms with Crippen LogP contribution in [0.15, 0.2) is 121 Å². The minimum Gasteiger partial charge on any atom is -0.423 e. The molecule has 0 amide bonds. The molecule has 0 saturated heterocycles. The highest BCUT2D eigenvalue weighted by Crippen LogP contribution is 2.19. The van der Waals surface area contributed by atoms with Crippen LogP contribution in [0.1, 0.15) is 47.9 Å². The first-order chi connectivity index (χ1) is 22.5. The predicted molar refractivity (Wildman–Crippen MR) is 190 cm³/mol. The fourth-order valence-electron chi connectivity index (χ4n) is 6.23. The van der Waals surface area contributed by atoms with Gasteiger partial charge in [-0.2, -0.15) is 0 Å². The number of hydrogen-bond acceptors (Lipinski definition) is 6. The minimum absolute atomic E-state index is 0.555. The van der Waals surface area contributed by atoms with Crippen molar-refractivity contribution in [3.8, 4) is 0 Å². The van der Waals surface area contributed by atoms with E-state index in [4.69, 9.17) is 0 Å². The van der Waals surface area contributed by atoms with Crippen LogP contribution in [0.3, 0.4) is 0 Å². The second kappa shape index (κ2) is 17.2. The molecule has 4 N–H and O–H groups in total. The van der Waals surface area contributed by atoms with E-state index in [9.17, 15) is 20.1 Å². The molecule has 6 nitrogen and oxygen atoms in total. The highest BCUT2D eigenvalue weighted by atomic mass is 16.4. The zero-order chi connectivity index (χ0) is 32.1. The number of benzene rings is 5. The molecule has 0 bridgehead atoms. The largest absolute Gasteiger partial charge is 0.488 e. The van der Waals surface area contributed by atoms with Crippen LogP contribution in [-0.2, 0) is 26.2 Å². The van der Waals surface area contributed by atoms with Crippen molar-refractivity contribution in [2.45, 2.75) is 51.9 Å². The average molecular weight is 614 g/mol. The van der Waals surface area contributed by atoms with Gasteiger partial charge in [0.25, 0.3) is 0 Å². The highest BCUT2D eigenvalue weighted by molar-refractivity contribution is 6.59. The number of fused-ring (bicyclic) bond motifs is 1. The van der Waals surface area contributed by atoms with Gasteiger partial charge in [-0.25, -0.2) is 0 Å². The maximum absolute atomic E-state index is 9.98. The summed E-state index contributed by atoms with van der Waals surface area (Å²) in [6.45, 7) is 4.68. The van der Waals surface area contributed by atoms with Gasteiger partial charge >= 0.3 is 14.2 Å². The molecule has 0 aliphatic heterocycles. The van der Waals surface area contributed by atoms with Crippen molar-refractivity contribution in [1.29, 1.82) is 0 Å². The van der Waals surface area contributed by atoms with Gasteiger partial charge in [0.1, 0.15) is 0 Å². The SMILES string of the molecule is OB(O)c1ccccc1CN(CCCCCCN(Cc1ccc2ccccc2c1)Cc1ccccc1B(O)O)Cc1ccccc1. The molecule has 0 saturated carbocycles. The Morgan fingerprint density at radius 1 is 0.413 bits per heavy atom. The molecule has 5 aromatic carbocycles. The molecule has 0 aliphatic carbocycles. The Kier molecular flexibility index (Phi) is 12.6. The molecule has 236 valence electrons. The Morgan fingerprint density at radius 2 is 0.891 bits per heavy atom. The van der Waals surface area contributed by atoms with E-state index in [0.29, 0.717) is 24.0 Å². The molecule has 0 fully saturated rings. The first-order valence-electron chi connectivity index (χ1n) is 16.3. The molecule has 0 atom stereocenters. The van der Waals surface area contributed by atoms with Crippen LogP contribution >= 0.6 is 0 Å². The van der Waals surface area contributed by atoms with Crippen molar-refractivity contribution < 1.29 is 20.1 Å². The summed E-state index contributed by atoms with van der Waals surface area (Å²) >= 11 is 0. The molecule has 0 aliphatic rings. The fraction of sp³-hybridized carbons (Fsp3) is 0.263. The molecular weight excluding hydrogens is 570 g/mol. The number of nitrogens with zero attached hydrogens (tertiary/aromatic N) is 2. The zero-order valence-electron chi connectivity index (χ0n) is 26.5. The second-order valence-electron chi connectivity index (χ2n) is 12.1. The average Bonchev–Trinajstić information content (AvgIpc) is 3.07. The van der Waals surface area contributed by atoms with Crippen molar-refractivity contribution >= 4 is 35.9 Å². The molecule has 0 unspecified atom stereocenters. The lowest BCUT2D eigenvalue weighted by Crippen LogP contribution is -2.36. The summed E-state index contributed by atoms with van der Waals surface area (Å²) in [5.41, 5.74) is 5.46. The van der Waals surface area contributed by atoms with Crippen LogP contribution in [0.5, 0.6) is 0 Å². The van der Waals surface area contributed by atoms with Gasteiger partial charge in [-0.1, -0.05) is 128 Å². The van der Waals surface area contributed by atoms with Crippen LogP contribution in [0, 0.1) is 0 Å². The van der Waals surface area contributed by atoms with Crippen LogP contribution in [0.2, 0.25) is 0 Å². The summed E-state index contributed by atoms with van der Waals surface area (Å²) < 4.78 is 0. The van der Waals surface area contributed by atoms with Crippen molar-refractivity contribution in [2.75, 3.05) is 13.1 Å². The third-order valence-corrected chi connectivity index (χ3v) is 8.62. The van der Waals surface area contributed by atoms with Gasteiger partial charge in [0.2, 0.25) is 0 Å². The molecule has 0 aromatic heterocycles. The summed E-state index contributed by atoms with van der Waals surface area (Å²) in [6.07, 6.45) is 4.26. The van der Waals surface area contributed by atoms with E-state index >= 15 is 0 Å². The Morgan fingerprint density at radius 3 is 1.46 bits per heavy atom. The molecule has 5 aromatic rings. The van der Waals surface area contributed by atoms with E-state index in [1.165, 1.54) is 21.9 Å². The normalized spacial score (nSPS) is 11.4. The standard InChI is InChI=1S/C38H44B2N2O4/c43-39(44)37-20-10-8-18-35(37)29-41(27-31-14-4-3-5-15-31)24-12-1-2-13-25-42(30-36-19-9-11-21-38(36)40(45)46)28-32-22-23-33-16-6-7-17-34(33)26-32/h3-11,14-23,26,43-46H,1-2,12-13,24-25,27-30H2. The molecule has 0 radical (unpaired) electrons. The van der Waals surface area contributed by atoms with E-state index in [1.54, 1.807) is 12.1 Å². The third-order valence-electron chi connectivity index (χ3n) is 8.62. The molecule has 0 spiro atoms. The van der Waals surface area contributed by atoms with E-state index in [2.05, 4.69) is 76.5 Å². The van der Waals surface area contributed by atoms with Gasteiger partial charge in [0.05, 0.1) is 0 Å². The zero-order valence-corrected chi connectivity index (χ0v) is 26.5. The summed E-state index contributed by atoms with van der Waals surface area (Å²) in [6, 6.07) is 40.6. The second-order valence-corrected chi connectivity index (χ2v) is 12.1. The van der Waals surface area contributed by atoms with Crippen LogP contribution < -0.4 is 10.9 Å². The Labute approximate surface area is 273 Å². The molecule has 8 heteroatoms. The van der Waals surface area contributed by atoms with Crippen molar-refractivity contribution in [1.82, 2.24) is 9.80 Å². The van der Waals surface area contributed by atoms with E-state index in [0.717, 1.165) is 63.0 Å². The van der Waals surface area contributed by atoms with Gasteiger partial charge < -0.3 is 20.1 Å². The Balaban J connectivity index is 1.19. The first-order valence-corrected chi connectivity index (χ1v) is 16.3. The lowest BCUT2D eigenvalue weighted by Gasteiger charge is -2.25. The lowest BCUT2D eigenvalue weighted by atomic mass is 9.77. The van der Waals surface area contributed by atoms with Gasteiger partial charge in [-0.05, 0) is 75.9 Å². The minimum atomic E-state index is -1.50. The van der Waals surface area contributed by atoms with Crippen LogP contribution in [0.25, 0.3) is 10.8 Å². The maximum Gasteiger partial charge on any atom is 0.488 e. The van der Waals surface area contributed by atoms with Crippen molar-refractivity contribution in [3.05, 3.63) is 144 Å². The van der Waals surface area contributed by atoms with E-state index in [1.807, 2.05) is 42.5 Å². The molecular formula is C38H44B2N2O4. The van der Waals surface area contributed by atoms with Gasteiger partial charge in [0.15, 0.2) is 0 Å². The van der Waals surface area contributed by atoms with Crippen molar-refractivity contribution in [3.63, 3.8) is 0 Å². The Hall–Kier alpha value is -3.75. The predicted octanol–water partition coefficient (Wildman–Crippen LogP) is 4.46. The monoisotopic (exact) mass is 614 g/mol. The summed E-state index contributed by atoms with van der Waals surface area (Å²) in [4.78, 5) is 4.80. The van der Waals surface area contributed by atoms with Gasteiger partial charge in [-0.3, -0.25) is 9.80 Å². The molecule has 0 heterocycles. The number of unbranched alkanes of at least 4 members (excludes halogenated alkanes) is 3.